The standard InChI is InChI=1S/C23H22N6O2.C14H14N4O2S.2C10H12N2O.C10H11NO/c24-12-15-10-16-13-26-23(28-20(16)29(22(15)31)18-5-1-2-6-18)27-17-7-8-19-14(11-17)4-3-9-25-21(19)30;1-21(20)14-16-8-10-6-9(7-15)13(19)18(12(10)17-14)11-4-2-3-5-11;11-8-3-4-9-7(6-8)2-1-5-12-10(9)13;11-8-4-5-9-7(6-8)2-1-3-10(9)12-13;11-8-4-5-9-7(6-8)2-1-3-10(9)12/h7-8,10-11,13,18H,1-6,9H2,(H,25,30)(H,26,27,28);6,8,11H,2-5H2,1H3;3-4,6H,1-2,5,11H2,(H,12,13);4-6,13H,1-3,11H2;4-6H,1-3,11H2/b;;;12-10+;. The molecular formula is C67H71N15O7S. The lowest BCUT2D eigenvalue weighted by molar-refractivity contribution is 0.0948. The number of nitriles is 2. The van der Waals surface area contributed by atoms with Gasteiger partial charge in [-0.05, 0) is 185 Å². The second kappa shape index (κ2) is 28.8. The molecule has 4 aromatic heterocycles. The monoisotopic (exact) mass is 1230 g/mol. The fraction of sp³-hybridized carbons (Fsp3) is 0.343. The predicted molar refractivity (Wildman–Crippen MR) is 346 cm³/mol. The van der Waals surface area contributed by atoms with E-state index in [0.29, 0.717) is 46.5 Å². The Morgan fingerprint density at radius 2 is 1.02 bits per heavy atom. The van der Waals surface area contributed by atoms with Gasteiger partial charge in [0.2, 0.25) is 11.1 Å². The zero-order valence-electron chi connectivity index (χ0n) is 50.1. The molecule has 23 heteroatoms. The molecule has 4 aromatic carbocycles. The van der Waals surface area contributed by atoms with E-state index in [1.54, 1.807) is 39.6 Å². The minimum Gasteiger partial charge on any atom is -0.411 e. The number of aryl methyl sites for hydroxylation is 4. The lowest BCUT2D eigenvalue weighted by Crippen LogP contribution is -2.27. The van der Waals surface area contributed by atoms with Crippen molar-refractivity contribution in [2.45, 2.75) is 133 Å². The maximum absolute atomic E-state index is 12.9. The number of fused-ring (bicyclic) bond motifs is 6. The number of nitrogens with zero attached hydrogens (tertiary/aromatic N) is 9. The first-order valence-corrected chi connectivity index (χ1v) is 32.0. The Kier molecular flexibility index (Phi) is 20.1. The normalized spacial score (nSPS) is 16.7. The molecule has 0 radical (unpaired) electrons. The third-order valence-electron chi connectivity index (χ3n) is 16.9. The number of pyridine rings is 2. The summed E-state index contributed by atoms with van der Waals surface area (Å²) in [6, 6.07) is 29.5. The number of nitrogen functional groups attached to an aromatic ring is 3. The van der Waals surface area contributed by atoms with Gasteiger partial charge in [0, 0.05) is 106 Å². The van der Waals surface area contributed by atoms with Gasteiger partial charge in [-0.2, -0.15) is 15.5 Å². The molecule has 4 aliphatic carbocycles. The van der Waals surface area contributed by atoms with Crippen molar-refractivity contribution in [2.24, 2.45) is 5.16 Å². The van der Waals surface area contributed by atoms with Crippen LogP contribution in [0.2, 0.25) is 0 Å². The summed E-state index contributed by atoms with van der Waals surface area (Å²) < 4.78 is 14.8. The first-order chi connectivity index (χ1) is 43.6. The van der Waals surface area contributed by atoms with Crippen LogP contribution in [-0.4, -0.2) is 81.1 Å². The van der Waals surface area contributed by atoms with Crippen LogP contribution in [0.1, 0.15) is 172 Å². The van der Waals surface area contributed by atoms with Gasteiger partial charge < -0.3 is 38.4 Å². The Bertz CT molecular complexity index is 4350. The van der Waals surface area contributed by atoms with E-state index in [1.807, 2.05) is 66.7 Å². The highest BCUT2D eigenvalue weighted by Gasteiger charge is 2.26. The molecule has 1 unspecified atom stereocenters. The number of carbonyl (C=O) groups is 3. The second-order valence-corrected chi connectivity index (χ2v) is 24.3. The summed E-state index contributed by atoms with van der Waals surface area (Å²) in [7, 11) is -1.31. The van der Waals surface area contributed by atoms with Gasteiger partial charge in [-0.15, -0.1) is 0 Å². The van der Waals surface area contributed by atoms with Crippen molar-refractivity contribution in [1.29, 1.82) is 10.5 Å². The van der Waals surface area contributed by atoms with E-state index < -0.39 is 10.8 Å². The molecule has 0 saturated heterocycles. The maximum Gasteiger partial charge on any atom is 0.270 e. The van der Waals surface area contributed by atoms with Crippen molar-refractivity contribution in [3.05, 3.63) is 174 Å². The van der Waals surface area contributed by atoms with Crippen molar-refractivity contribution < 1.29 is 23.8 Å². The fourth-order valence-electron chi connectivity index (χ4n) is 12.5. The molecule has 6 heterocycles. The molecule has 0 bridgehead atoms. The van der Waals surface area contributed by atoms with Crippen LogP contribution in [0.5, 0.6) is 0 Å². The summed E-state index contributed by atoms with van der Waals surface area (Å²) >= 11 is 0. The molecule has 1 atom stereocenters. The Morgan fingerprint density at radius 1 is 0.567 bits per heavy atom. The number of benzene rings is 4. The molecule has 14 rings (SSSR count). The Balaban J connectivity index is 0.000000131. The highest BCUT2D eigenvalue weighted by atomic mass is 32.2. The lowest BCUT2D eigenvalue weighted by Gasteiger charge is -2.17. The summed E-state index contributed by atoms with van der Waals surface area (Å²) in [6.07, 6.45) is 21.7. The van der Waals surface area contributed by atoms with Gasteiger partial charge in [-0.3, -0.25) is 37.3 Å². The predicted octanol–water partition coefficient (Wildman–Crippen LogP) is 9.23. The first kappa shape index (κ1) is 62.9. The minimum atomic E-state index is -1.31. The number of carbonyl (C=O) groups excluding carboxylic acids is 3. The van der Waals surface area contributed by atoms with Gasteiger partial charge in [-0.25, -0.2) is 15.0 Å². The van der Waals surface area contributed by atoms with Crippen LogP contribution in [-0.2, 0) is 36.5 Å². The highest BCUT2D eigenvalue weighted by molar-refractivity contribution is 7.84. The van der Waals surface area contributed by atoms with Crippen molar-refractivity contribution in [1.82, 2.24) is 39.7 Å². The zero-order chi connectivity index (χ0) is 63.4. The third kappa shape index (κ3) is 14.5. The number of ketones is 1. The molecule has 90 heavy (non-hydrogen) atoms. The van der Waals surface area contributed by atoms with E-state index in [0.717, 1.165) is 178 Å². The quantitative estimate of drug-likeness (QED) is 0.0365. The van der Waals surface area contributed by atoms with Gasteiger partial charge in [0.05, 0.1) is 16.5 Å². The van der Waals surface area contributed by atoms with Gasteiger partial charge in [0.15, 0.2) is 5.78 Å². The van der Waals surface area contributed by atoms with E-state index >= 15 is 0 Å². The molecule has 2 aliphatic heterocycles. The SMILES string of the molecule is CS(=O)c1ncc2cc(C#N)c(=O)n(C3CCCC3)c2n1.N#Cc1cc2cnc(Nc3ccc4c(c3)CCCNC4=O)nc2n(C2CCCC2)c1=O.Nc1ccc2c(c1)CCC/C2=N\O.Nc1ccc2c(c1)CCCC2=O.Nc1ccc2c(c1)CCCNC2=O. The summed E-state index contributed by atoms with van der Waals surface area (Å²) in [5.74, 6) is 0.611. The number of hydrogen-bond acceptors (Lipinski definition) is 18. The molecule has 0 spiro atoms. The van der Waals surface area contributed by atoms with Gasteiger partial charge in [0.25, 0.3) is 22.9 Å². The number of nitrogens with two attached hydrogens (primary N) is 3. The van der Waals surface area contributed by atoms with Gasteiger partial charge in [0.1, 0.15) is 34.6 Å². The molecule has 8 aromatic rings. The van der Waals surface area contributed by atoms with Crippen molar-refractivity contribution >= 4 is 84.9 Å². The number of amides is 2. The number of anilines is 5. The van der Waals surface area contributed by atoms with Gasteiger partial charge in [-0.1, -0.05) is 36.9 Å². The Morgan fingerprint density at radius 3 is 1.56 bits per heavy atom. The molecule has 6 aliphatic rings. The Hall–Kier alpha value is -10.1. The number of Topliss-reactive ketones (excluding diaryl/α,β-unsaturated/α-hetero) is 1. The average Bonchev–Trinajstić information content (AvgIpc) is 1.32. The minimum absolute atomic E-state index is 0.0208. The highest BCUT2D eigenvalue weighted by Crippen LogP contribution is 2.33. The van der Waals surface area contributed by atoms with Gasteiger partial charge >= 0.3 is 0 Å². The third-order valence-corrected chi connectivity index (χ3v) is 17.6. The second-order valence-electron chi connectivity index (χ2n) is 23.1. The molecule has 22 nitrogen and oxygen atoms in total. The van der Waals surface area contributed by atoms with Crippen LogP contribution in [0.15, 0.2) is 117 Å². The summed E-state index contributed by atoms with van der Waals surface area (Å²) in [6.45, 7) is 1.43. The van der Waals surface area contributed by atoms with Crippen LogP contribution >= 0.6 is 0 Å². The molecule has 2 fully saturated rings. The molecule has 10 N–H and O–H groups in total. The zero-order valence-corrected chi connectivity index (χ0v) is 50.9. The van der Waals surface area contributed by atoms with E-state index in [4.69, 9.17) is 27.7 Å². The molecule has 2 amide bonds. The number of rotatable bonds is 5. The topological polar surface area (TPSA) is 358 Å². The number of oxime groups is 1. The van der Waals surface area contributed by atoms with Crippen molar-refractivity contribution in [3.8, 4) is 12.1 Å². The Labute approximate surface area is 522 Å². The van der Waals surface area contributed by atoms with Crippen LogP contribution in [0.3, 0.4) is 0 Å². The average molecular weight is 1230 g/mol. The van der Waals surface area contributed by atoms with E-state index in [9.17, 15) is 33.4 Å². The number of aromatic nitrogens is 6. The van der Waals surface area contributed by atoms with E-state index in [1.165, 1.54) is 24.1 Å². The van der Waals surface area contributed by atoms with Crippen molar-refractivity contribution in [3.63, 3.8) is 0 Å². The van der Waals surface area contributed by atoms with Crippen LogP contribution in [0, 0.1) is 22.7 Å². The smallest absolute Gasteiger partial charge is 0.270 e. The summed E-state index contributed by atoms with van der Waals surface area (Å²) in [5, 5.41) is 41.0. The van der Waals surface area contributed by atoms with E-state index in [-0.39, 0.29) is 57.1 Å². The summed E-state index contributed by atoms with van der Waals surface area (Å²) in [5.41, 5.74) is 29.1. The fourth-order valence-corrected chi connectivity index (χ4v) is 12.9. The number of hydrogen-bond donors (Lipinski definition) is 7. The van der Waals surface area contributed by atoms with Crippen LogP contribution < -0.4 is 44.3 Å². The van der Waals surface area contributed by atoms with E-state index in [2.05, 4.69) is 41.0 Å². The lowest BCUT2D eigenvalue weighted by atomic mass is 9.90. The molecule has 2 saturated carbocycles. The number of nitrogens with one attached hydrogen (secondary N) is 3. The molecular weight excluding hydrogens is 1160 g/mol. The first-order valence-electron chi connectivity index (χ1n) is 30.5. The van der Waals surface area contributed by atoms with Crippen LogP contribution in [0.25, 0.3) is 22.1 Å². The largest absolute Gasteiger partial charge is 0.411 e. The maximum atomic E-state index is 12.9. The molecule has 462 valence electrons. The summed E-state index contributed by atoms with van der Waals surface area (Å²) in [4.78, 5) is 77.8. The van der Waals surface area contributed by atoms with Crippen molar-refractivity contribution in [2.75, 3.05) is 41.9 Å². The van der Waals surface area contributed by atoms with Crippen LogP contribution in [0.4, 0.5) is 28.7 Å².